The summed E-state index contributed by atoms with van der Waals surface area (Å²) in [5.74, 6) is 0.210. The summed E-state index contributed by atoms with van der Waals surface area (Å²) in [5, 5.41) is 13.1. The highest BCUT2D eigenvalue weighted by Gasteiger charge is 2.42. The Hall–Kier alpha value is -1.35. The number of hydrogen-bond donors (Lipinski definition) is 2. The van der Waals surface area contributed by atoms with Crippen molar-refractivity contribution in [2.24, 2.45) is 0 Å². The Morgan fingerprint density at radius 3 is 2.12 bits per heavy atom. The van der Waals surface area contributed by atoms with Gasteiger partial charge in [0.2, 0.25) is 5.91 Å². The second-order valence-corrected chi connectivity index (χ2v) is 9.45. The maximum Gasteiger partial charge on any atom is 0.230 e. The van der Waals surface area contributed by atoms with E-state index < -0.39 is 0 Å². The molecule has 2 saturated carbocycles. The lowest BCUT2D eigenvalue weighted by atomic mass is 9.68. The van der Waals surface area contributed by atoms with E-state index in [-0.39, 0.29) is 28.9 Å². The van der Waals surface area contributed by atoms with Crippen LogP contribution in [0, 0.1) is 0 Å². The fraction of sp³-hybridized carbons (Fsp3) is 0.696. The zero-order valence-corrected chi connectivity index (χ0v) is 16.7. The van der Waals surface area contributed by atoms with Gasteiger partial charge in [-0.3, -0.25) is 4.79 Å². The van der Waals surface area contributed by atoms with Gasteiger partial charge in [0.1, 0.15) is 0 Å². The van der Waals surface area contributed by atoms with Crippen molar-refractivity contribution in [3.63, 3.8) is 0 Å². The normalized spacial score (nSPS) is 26.3. The lowest BCUT2D eigenvalue weighted by molar-refractivity contribution is -0.129. The SMILES string of the molecule is CC(C)(C)c1ccc(C2(C(=O)NC3CCC(O)CC3)CCCCC2)cc1. The summed E-state index contributed by atoms with van der Waals surface area (Å²) in [4.78, 5) is 13.4. The molecule has 26 heavy (non-hydrogen) atoms. The van der Waals surface area contributed by atoms with Crippen LogP contribution in [0.3, 0.4) is 0 Å². The van der Waals surface area contributed by atoms with Gasteiger partial charge in [0.05, 0.1) is 11.5 Å². The molecule has 0 saturated heterocycles. The van der Waals surface area contributed by atoms with Crippen LogP contribution in [0.4, 0.5) is 0 Å². The molecule has 2 fully saturated rings. The second-order valence-electron chi connectivity index (χ2n) is 9.45. The molecule has 0 spiro atoms. The molecule has 144 valence electrons. The highest BCUT2D eigenvalue weighted by Crippen LogP contribution is 2.41. The Kier molecular flexibility index (Phi) is 5.76. The zero-order valence-electron chi connectivity index (χ0n) is 16.7. The van der Waals surface area contributed by atoms with Gasteiger partial charge in [-0.05, 0) is 55.1 Å². The van der Waals surface area contributed by atoms with E-state index in [0.717, 1.165) is 51.4 Å². The van der Waals surface area contributed by atoms with Crippen LogP contribution in [-0.4, -0.2) is 23.2 Å². The van der Waals surface area contributed by atoms with Crippen LogP contribution in [0.1, 0.15) is 89.7 Å². The van der Waals surface area contributed by atoms with Crippen LogP contribution >= 0.6 is 0 Å². The summed E-state index contributed by atoms with van der Waals surface area (Å²) in [6, 6.07) is 9.01. The maximum absolute atomic E-state index is 13.4. The standard InChI is InChI=1S/C23H35NO2/c1-22(2,3)17-7-9-18(10-8-17)23(15-5-4-6-16-23)21(26)24-19-11-13-20(25)14-12-19/h7-10,19-20,25H,4-6,11-16H2,1-3H3,(H,24,26). The van der Waals surface area contributed by atoms with Crippen molar-refractivity contribution in [1.29, 1.82) is 0 Å². The summed E-state index contributed by atoms with van der Waals surface area (Å²) >= 11 is 0. The van der Waals surface area contributed by atoms with Gasteiger partial charge in [0.25, 0.3) is 0 Å². The molecule has 0 aliphatic heterocycles. The largest absolute Gasteiger partial charge is 0.393 e. The Bertz CT molecular complexity index is 600. The predicted octanol–water partition coefficient (Wildman–Crippen LogP) is 4.61. The molecule has 3 heteroatoms. The Labute approximate surface area is 158 Å². The molecule has 3 nitrogen and oxygen atoms in total. The Balaban J connectivity index is 1.81. The number of rotatable bonds is 3. The number of hydrogen-bond acceptors (Lipinski definition) is 2. The van der Waals surface area contributed by atoms with E-state index >= 15 is 0 Å². The van der Waals surface area contributed by atoms with E-state index in [1.165, 1.54) is 17.5 Å². The number of carbonyl (C=O) groups is 1. The third kappa shape index (κ3) is 4.14. The quantitative estimate of drug-likeness (QED) is 0.830. The molecule has 0 atom stereocenters. The fourth-order valence-electron chi connectivity index (χ4n) is 4.64. The van der Waals surface area contributed by atoms with Crippen LogP contribution in [0.2, 0.25) is 0 Å². The van der Waals surface area contributed by atoms with E-state index in [1.807, 2.05) is 0 Å². The number of benzene rings is 1. The molecular formula is C23H35NO2. The highest BCUT2D eigenvalue weighted by molar-refractivity contribution is 5.88. The van der Waals surface area contributed by atoms with E-state index in [4.69, 9.17) is 0 Å². The monoisotopic (exact) mass is 357 g/mol. The van der Waals surface area contributed by atoms with Crippen molar-refractivity contribution in [3.8, 4) is 0 Å². The first-order valence-electron chi connectivity index (χ1n) is 10.4. The molecule has 2 aliphatic carbocycles. The molecule has 0 aromatic heterocycles. The first-order valence-corrected chi connectivity index (χ1v) is 10.4. The first-order chi connectivity index (χ1) is 12.3. The third-order valence-corrected chi connectivity index (χ3v) is 6.48. The van der Waals surface area contributed by atoms with Crippen molar-refractivity contribution in [3.05, 3.63) is 35.4 Å². The van der Waals surface area contributed by atoms with Crippen molar-refractivity contribution in [1.82, 2.24) is 5.32 Å². The minimum atomic E-state index is -0.370. The van der Waals surface area contributed by atoms with E-state index in [0.29, 0.717) is 0 Å². The van der Waals surface area contributed by atoms with E-state index in [2.05, 4.69) is 50.4 Å². The average Bonchev–Trinajstić information content (AvgIpc) is 2.63. The smallest absolute Gasteiger partial charge is 0.230 e. The predicted molar refractivity (Wildman–Crippen MR) is 106 cm³/mol. The molecule has 1 aromatic rings. The summed E-state index contributed by atoms with van der Waals surface area (Å²) in [6.07, 6.45) is 8.58. The molecule has 0 bridgehead atoms. The van der Waals surface area contributed by atoms with E-state index in [1.54, 1.807) is 0 Å². The number of aliphatic hydroxyl groups excluding tert-OH is 1. The van der Waals surface area contributed by atoms with Gasteiger partial charge in [0.15, 0.2) is 0 Å². The maximum atomic E-state index is 13.4. The molecule has 2 aliphatic rings. The lowest BCUT2D eigenvalue weighted by Crippen LogP contribution is -2.50. The Morgan fingerprint density at radius 1 is 1.00 bits per heavy atom. The minimum absolute atomic E-state index is 0.128. The molecule has 2 N–H and O–H groups in total. The summed E-state index contributed by atoms with van der Waals surface area (Å²) in [7, 11) is 0. The fourth-order valence-corrected chi connectivity index (χ4v) is 4.64. The van der Waals surface area contributed by atoms with Crippen molar-refractivity contribution < 1.29 is 9.90 Å². The molecule has 0 heterocycles. The summed E-state index contributed by atoms with van der Waals surface area (Å²) < 4.78 is 0. The average molecular weight is 358 g/mol. The molecule has 3 rings (SSSR count). The van der Waals surface area contributed by atoms with Crippen LogP contribution < -0.4 is 5.32 Å². The molecule has 1 aromatic carbocycles. The van der Waals surface area contributed by atoms with Crippen LogP contribution in [0.15, 0.2) is 24.3 Å². The third-order valence-electron chi connectivity index (χ3n) is 6.48. The van der Waals surface area contributed by atoms with Crippen LogP contribution in [0.25, 0.3) is 0 Å². The topological polar surface area (TPSA) is 49.3 Å². The number of carbonyl (C=O) groups excluding carboxylic acids is 1. The Morgan fingerprint density at radius 2 is 1.58 bits per heavy atom. The zero-order chi connectivity index (χ0) is 18.8. The number of nitrogens with one attached hydrogen (secondary N) is 1. The van der Waals surface area contributed by atoms with Gasteiger partial charge in [-0.2, -0.15) is 0 Å². The van der Waals surface area contributed by atoms with Crippen molar-refractivity contribution in [2.45, 2.75) is 102 Å². The van der Waals surface area contributed by atoms with Gasteiger partial charge in [0, 0.05) is 6.04 Å². The molecule has 1 amide bonds. The van der Waals surface area contributed by atoms with Gasteiger partial charge in [-0.1, -0.05) is 64.3 Å². The van der Waals surface area contributed by atoms with Crippen molar-refractivity contribution in [2.75, 3.05) is 0 Å². The minimum Gasteiger partial charge on any atom is -0.393 e. The number of amides is 1. The highest BCUT2D eigenvalue weighted by atomic mass is 16.3. The summed E-state index contributed by atoms with van der Waals surface area (Å²) in [5.41, 5.74) is 2.25. The van der Waals surface area contributed by atoms with Crippen LogP contribution in [-0.2, 0) is 15.6 Å². The van der Waals surface area contributed by atoms with Gasteiger partial charge < -0.3 is 10.4 Å². The molecular weight excluding hydrogens is 322 g/mol. The van der Waals surface area contributed by atoms with Gasteiger partial charge in [-0.15, -0.1) is 0 Å². The van der Waals surface area contributed by atoms with Gasteiger partial charge in [-0.25, -0.2) is 0 Å². The second kappa shape index (κ2) is 7.72. The molecule has 0 radical (unpaired) electrons. The first kappa shape index (κ1) is 19.4. The molecule has 0 unspecified atom stereocenters. The van der Waals surface area contributed by atoms with E-state index in [9.17, 15) is 9.90 Å². The lowest BCUT2D eigenvalue weighted by Gasteiger charge is -2.38. The van der Waals surface area contributed by atoms with Crippen molar-refractivity contribution >= 4 is 5.91 Å². The number of aliphatic hydroxyl groups is 1. The van der Waals surface area contributed by atoms with Crippen LogP contribution in [0.5, 0.6) is 0 Å². The summed E-state index contributed by atoms with van der Waals surface area (Å²) in [6.45, 7) is 6.67. The van der Waals surface area contributed by atoms with Gasteiger partial charge >= 0.3 is 0 Å².